The third-order valence-electron chi connectivity index (χ3n) is 2.67. The molecule has 1 heterocycles. The molecule has 0 aliphatic carbocycles. The Morgan fingerprint density at radius 2 is 1.88 bits per heavy atom. The van der Waals surface area contributed by atoms with Crippen LogP contribution in [0.4, 0.5) is 0 Å². The van der Waals surface area contributed by atoms with Crippen molar-refractivity contribution in [1.82, 2.24) is 14.8 Å². The first-order valence-corrected chi connectivity index (χ1v) is 5.66. The first-order valence-electron chi connectivity index (χ1n) is 5.66. The van der Waals surface area contributed by atoms with Crippen LogP contribution in [-0.2, 0) is 17.8 Å². The summed E-state index contributed by atoms with van der Waals surface area (Å²) < 4.78 is 7.19. The Bertz CT molecular complexity index is 323. The van der Waals surface area contributed by atoms with Gasteiger partial charge in [0.2, 0.25) is 0 Å². The number of methoxy groups -OCH3 is 1. The number of aromatic nitrogens is 3. The van der Waals surface area contributed by atoms with E-state index in [1.807, 2.05) is 11.5 Å². The molecule has 0 fully saturated rings. The Hall–Kier alpha value is -0.940. The van der Waals surface area contributed by atoms with Crippen LogP contribution in [0.2, 0.25) is 0 Å². The quantitative estimate of drug-likeness (QED) is 0.796. The van der Waals surface area contributed by atoms with E-state index in [1.54, 1.807) is 7.11 Å². The van der Waals surface area contributed by atoms with Crippen LogP contribution in [0.15, 0.2) is 0 Å². The molecule has 1 aromatic heterocycles. The van der Waals surface area contributed by atoms with Gasteiger partial charge in [-0.15, -0.1) is 10.2 Å². The molecule has 1 rings (SSSR count). The van der Waals surface area contributed by atoms with E-state index in [4.69, 9.17) is 9.84 Å². The predicted octanol–water partition coefficient (Wildman–Crippen LogP) is 1.32. The molecule has 0 bridgehead atoms. The Labute approximate surface area is 96.5 Å². The topological polar surface area (TPSA) is 60.2 Å². The van der Waals surface area contributed by atoms with Crippen LogP contribution in [-0.4, -0.2) is 33.1 Å². The van der Waals surface area contributed by atoms with E-state index in [0.717, 1.165) is 18.7 Å². The number of aryl methyl sites for hydroxylation is 1. The van der Waals surface area contributed by atoms with Crippen molar-refractivity contribution in [3.63, 3.8) is 0 Å². The van der Waals surface area contributed by atoms with Crippen LogP contribution in [0.1, 0.15) is 44.9 Å². The van der Waals surface area contributed by atoms with Crippen molar-refractivity contribution in [1.29, 1.82) is 0 Å². The van der Waals surface area contributed by atoms with Gasteiger partial charge in [-0.3, -0.25) is 0 Å². The number of hydrogen-bond donors (Lipinski definition) is 1. The van der Waals surface area contributed by atoms with Gasteiger partial charge in [-0.1, -0.05) is 0 Å². The second kappa shape index (κ2) is 5.96. The van der Waals surface area contributed by atoms with Gasteiger partial charge in [-0.2, -0.15) is 0 Å². The fourth-order valence-electron chi connectivity index (χ4n) is 1.69. The highest BCUT2D eigenvalue weighted by atomic mass is 16.5. The summed E-state index contributed by atoms with van der Waals surface area (Å²) in [4.78, 5) is 0. The average Bonchev–Trinajstić information content (AvgIpc) is 2.68. The van der Waals surface area contributed by atoms with Crippen LogP contribution >= 0.6 is 0 Å². The number of ether oxygens (including phenoxy) is 1. The SMILES string of the molecule is COC(C)CCc1nnc(CO)n1C(C)C. The molecule has 1 unspecified atom stereocenters. The van der Waals surface area contributed by atoms with Crippen molar-refractivity contribution in [2.45, 2.75) is 52.4 Å². The molecular weight excluding hydrogens is 206 g/mol. The number of hydrogen-bond acceptors (Lipinski definition) is 4. The number of aliphatic hydroxyl groups excluding tert-OH is 1. The monoisotopic (exact) mass is 227 g/mol. The maximum absolute atomic E-state index is 9.16. The molecular formula is C11H21N3O2. The van der Waals surface area contributed by atoms with Crippen LogP contribution < -0.4 is 0 Å². The lowest BCUT2D eigenvalue weighted by Crippen LogP contribution is -2.13. The molecule has 16 heavy (non-hydrogen) atoms. The van der Waals surface area contributed by atoms with Crippen LogP contribution in [0.5, 0.6) is 0 Å². The van der Waals surface area contributed by atoms with E-state index < -0.39 is 0 Å². The van der Waals surface area contributed by atoms with Gasteiger partial charge in [0.1, 0.15) is 12.4 Å². The van der Waals surface area contributed by atoms with Crippen LogP contribution in [0.25, 0.3) is 0 Å². The molecule has 1 N–H and O–H groups in total. The third-order valence-corrected chi connectivity index (χ3v) is 2.67. The Morgan fingerprint density at radius 3 is 2.38 bits per heavy atom. The van der Waals surface area contributed by atoms with Gasteiger partial charge in [0.25, 0.3) is 0 Å². The van der Waals surface area contributed by atoms with Crippen molar-refractivity contribution in [2.75, 3.05) is 7.11 Å². The third kappa shape index (κ3) is 3.02. The van der Waals surface area contributed by atoms with Crippen molar-refractivity contribution in [3.8, 4) is 0 Å². The van der Waals surface area contributed by atoms with E-state index in [2.05, 4.69) is 24.0 Å². The lowest BCUT2D eigenvalue weighted by molar-refractivity contribution is 0.110. The summed E-state index contributed by atoms with van der Waals surface area (Å²) in [6, 6.07) is 0.269. The summed E-state index contributed by atoms with van der Waals surface area (Å²) in [7, 11) is 1.71. The van der Waals surface area contributed by atoms with Gasteiger partial charge in [-0.05, 0) is 27.2 Å². The molecule has 0 aliphatic rings. The average molecular weight is 227 g/mol. The Balaban J connectivity index is 2.75. The van der Waals surface area contributed by atoms with Crippen molar-refractivity contribution in [3.05, 3.63) is 11.6 Å². The lowest BCUT2D eigenvalue weighted by Gasteiger charge is -2.14. The smallest absolute Gasteiger partial charge is 0.159 e. The van der Waals surface area contributed by atoms with Crippen molar-refractivity contribution < 1.29 is 9.84 Å². The largest absolute Gasteiger partial charge is 0.388 e. The van der Waals surface area contributed by atoms with Crippen molar-refractivity contribution in [2.24, 2.45) is 0 Å². The molecule has 0 spiro atoms. The first kappa shape index (κ1) is 13.1. The fraction of sp³-hybridized carbons (Fsp3) is 0.818. The van der Waals surface area contributed by atoms with Gasteiger partial charge < -0.3 is 14.4 Å². The van der Waals surface area contributed by atoms with Gasteiger partial charge >= 0.3 is 0 Å². The Morgan fingerprint density at radius 1 is 1.25 bits per heavy atom. The molecule has 0 saturated heterocycles. The summed E-state index contributed by atoms with van der Waals surface area (Å²) in [5.41, 5.74) is 0. The minimum absolute atomic E-state index is 0.0645. The van der Waals surface area contributed by atoms with Gasteiger partial charge in [-0.25, -0.2) is 0 Å². The molecule has 92 valence electrons. The molecule has 0 saturated carbocycles. The zero-order valence-electron chi connectivity index (χ0n) is 10.5. The summed E-state index contributed by atoms with van der Waals surface area (Å²) in [6.45, 7) is 6.09. The number of aliphatic hydroxyl groups is 1. The molecule has 0 radical (unpaired) electrons. The second-order valence-corrected chi connectivity index (χ2v) is 4.24. The lowest BCUT2D eigenvalue weighted by atomic mass is 10.2. The molecule has 1 aromatic rings. The zero-order chi connectivity index (χ0) is 12.1. The highest BCUT2D eigenvalue weighted by Crippen LogP contribution is 2.14. The first-order chi connectivity index (χ1) is 7.60. The van der Waals surface area contributed by atoms with E-state index in [1.165, 1.54) is 0 Å². The van der Waals surface area contributed by atoms with Crippen LogP contribution in [0.3, 0.4) is 0 Å². The van der Waals surface area contributed by atoms with E-state index in [9.17, 15) is 0 Å². The molecule has 1 atom stereocenters. The maximum Gasteiger partial charge on any atom is 0.159 e. The summed E-state index contributed by atoms with van der Waals surface area (Å²) in [6.07, 6.45) is 1.95. The van der Waals surface area contributed by atoms with Gasteiger partial charge in [0, 0.05) is 19.6 Å². The van der Waals surface area contributed by atoms with E-state index >= 15 is 0 Å². The van der Waals surface area contributed by atoms with Crippen molar-refractivity contribution >= 4 is 0 Å². The van der Waals surface area contributed by atoms with Crippen LogP contribution in [0, 0.1) is 0 Å². The van der Waals surface area contributed by atoms with E-state index in [0.29, 0.717) is 5.82 Å². The number of nitrogens with zero attached hydrogens (tertiary/aromatic N) is 3. The fourth-order valence-corrected chi connectivity index (χ4v) is 1.69. The number of rotatable bonds is 6. The second-order valence-electron chi connectivity index (χ2n) is 4.24. The molecule has 5 nitrogen and oxygen atoms in total. The molecule has 0 amide bonds. The summed E-state index contributed by atoms with van der Waals surface area (Å²) >= 11 is 0. The summed E-state index contributed by atoms with van der Waals surface area (Å²) in [5.74, 6) is 1.55. The van der Waals surface area contributed by atoms with Gasteiger partial charge in [0.15, 0.2) is 5.82 Å². The maximum atomic E-state index is 9.16. The molecule has 5 heteroatoms. The van der Waals surface area contributed by atoms with Gasteiger partial charge in [0.05, 0.1) is 6.10 Å². The standard InChI is InChI=1S/C11H21N3O2/c1-8(2)14-10(6-5-9(3)16-4)12-13-11(14)7-15/h8-9,15H,5-7H2,1-4H3. The van der Waals surface area contributed by atoms with E-state index in [-0.39, 0.29) is 18.8 Å². The molecule has 0 aromatic carbocycles. The minimum atomic E-state index is -0.0645. The Kier molecular flexibility index (Phi) is 4.89. The highest BCUT2D eigenvalue weighted by molar-refractivity contribution is 4.97. The summed E-state index contributed by atoms with van der Waals surface area (Å²) in [5, 5.41) is 17.2. The normalized spacial score (nSPS) is 13.4. The predicted molar refractivity (Wildman–Crippen MR) is 61.1 cm³/mol. The highest BCUT2D eigenvalue weighted by Gasteiger charge is 2.14. The molecule has 0 aliphatic heterocycles. The minimum Gasteiger partial charge on any atom is -0.388 e. The zero-order valence-corrected chi connectivity index (χ0v) is 10.5.